The lowest BCUT2D eigenvalue weighted by atomic mass is 10.2. The van der Waals surface area contributed by atoms with Crippen molar-refractivity contribution in [2.24, 2.45) is 0 Å². The highest BCUT2D eigenvalue weighted by atomic mass is 32.1. The van der Waals surface area contributed by atoms with Crippen molar-refractivity contribution in [3.8, 4) is 0 Å². The van der Waals surface area contributed by atoms with Gasteiger partial charge in [0.05, 0.1) is 12.8 Å². The minimum atomic E-state index is -0.101. The lowest BCUT2D eigenvalue weighted by Gasteiger charge is -2.22. The van der Waals surface area contributed by atoms with E-state index in [1.807, 2.05) is 53.9 Å². The molecular formula is C18H18N2O2S. The number of nitrogens with zero attached hydrogens (tertiary/aromatic N) is 1. The first-order valence-corrected chi connectivity index (χ1v) is 8.36. The third-order valence-electron chi connectivity index (χ3n) is 3.45. The van der Waals surface area contributed by atoms with Gasteiger partial charge in [0.15, 0.2) is 0 Å². The van der Waals surface area contributed by atoms with Gasteiger partial charge in [-0.25, -0.2) is 4.79 Å². The van der Waals surface area contributed by atoms with Gasteiger partial charge in [0.25, 0.3) is 0 Å². The van der Waals surface area contributed by atoms with Crippen LogP contribution in [0.1, 0.15) is 16.9 Å². The molecule has 0 spiro atoms. The number of carbonyl (C=O) groups is 1. The fourth-order valence-corrected chi connectivity index (χ4v) is 2.94. The summed E-state index contributed by atoms with van der Waals surface area (Å²) >= 11 is 1.63. The summed E-state index contributed by atoms with van der Waals surface area (Å²) in [5, 5.41) is 7.04. The van der Waals surface area contributed by atoms with Gasteiger partial charge < -0.3 is 14.6 Å². The summed E-state index contributed by atoms with van der Waals surface area (Å²) in [5.74, 6) is 0.773. The van der Waals surface area contributed by atoms with Crippen LogP contribution in [-0.4, -0.2) is 10.9 Å². The third-order valence-corrected chi connectivity index (χ3v) is 4.19. The molecule has 23 heavy (non-hydrogen) atoms. The van der Waals surface area contributed by atoms with E-state index < -0.39 is 0 Å². The molecule has 118 valence electrons. The summed E-state index contributed by atoms with van der Waals surface area (Å²) in [6.07, 6.45) is 1.62. The maximum absolute atomic E-state index is 12.5. The molecule has 0 radical (unpaired) electrons. The van der Waals surface area contributed by atoms with E-state index in [9.17, 15) is 4.79 Å². The highest BCUT2D eigenvalue weighted by Crippen LogP contribution is 2.13. The molecule has 0 aliphatic heterocycles. The predicted octanol–water partition coefficient (Wildman–Crippen LogP) is 4.25. The van der Waals surface area contributed by atoms with Crippen LogP contribution in [0.2, 0.25) is 0 Å². The summed E-state index contributed by atoms with van der Waals surface area (Å²) < 4.78 is 5.38. The second-order valence-corrected chi connectivity index (χ2v) is 5.99. The van der Waals surface area contributed by atoms with Crippen LogP contribution >= 0.6 is 11.3 Å². The van der Waals surface area contributed by atoms with Crippen LogP contribution in [0.25, 0.3) is 0 Å². The number of amides is 2. The van der Waals surface area contributed by atoms with Gasteiger partial charge in [-0.15, -0.1) is 0 Å². The van der Waals surface area contributed by atoms with E-state index in [-0.39, 0.29) is 6.03 Å². The summed E-state index contributed by atoms with van der Waals surface area (Å²) in [7, 11) is 0. The molecule has 2 heterocycles. The monoisotopic (exact) mass is 326 g/mol. The number of nitrogens with one attached hydrogen (secondary N) is 1. The van der Waals surface area contributed by atoms with E-state index in [4.69, 9.17) is 4.42 Å². The van der Waals surface area contributed by atoms with Gasteiger partial charge in [0, 0.05) is 13.1 Å². The molecule has 0 atom stereocenters. The number of hydrogen-bond donors (Lipinski definition) is 1. The van der Waals surface area contributed by atoms with Crippen molar-refractivity contribution in [2.45, 2.75) is 19.6 Å². The summed E-state index contributed by atoms with van der Waals surface area (Å²) in [4.78, 5) is 14.3. The SMILES string of the molecule is O=C(NCc1ccccc1)N(Cc1ccsc1)Cc1ccco1. The number of urea groups is 1. The lowest BCUT2D eigenvalue weighted by Crippen LogP contribution is -2.38. The van der Waals surface area contributed by atoms with Crippen LogP contribution in [0.5, 0.6) is 0 Å². The summed E-state index contributed by atoms with van der Waals surface area (Å²) in [5.41, 5.74) is 2.20. The largest absolute Gasteiger partial charge is 0.467 e. The maximum atomic E-state index is 12.5. The first-order chi connectivity index (χ1) is 11.3. The van der Waals surface area contributed by atoms with Gasteiger partial charge in [-0.2, -0.15) is 11.3 Å². The number of hydrogen-bond acceptors (Lipinski definition) is 3. The highest BCUT2D eigenvalue weighted by molar-refractivity contribution is 7.07. The average Bonchev–Trinajstić information content (AvgIpc) is 3.27. The van der Waals surface area contributed by atoms with Gasteiger partial charge in [-0.05, 0) is 40.1 Å². The Hall–Kier alpha value is -2.53. The maximum Gasteiger partial charge on any atom is 0.318 e. The zero-order valence-electron chi connectivity index (χ0n) is 12.6. The molecule has 0 aliphatic carbocycles. The van der Waals surface area contributed by atoms with Crippen molar-refractivity contribution in [1.29, 1.82) is 0 Å². The fraction of sp³-hybridized carbons (Fsp3) is 0.167. The first-order valence-electron chi connectivity index (χ1n) is 7.41. The molecule has 0 saturated carbocycles. The molecule has 4 nitrogen and oxygen atoms in total. The Bertz CT molecular complexity index is 673. The van der Waals surface area contributed by atoms with Gasteiger partial charge in [0.2, 0.25) is 0 Å². The average molecular weight is 326 g/mol. The molecule has 0 unspecified atom stereocenters. The van der Waals surface area contributed by atoms with Gasteiger partial charge in [0.1, 0.15) is 5.76 Å². The number of thiophene rings is 1. The van der Waals surface area contributed by atoms with Crippen molar-refractivity contribution >= 4 is 17.4 Å². The molecule has 0 aliphatic rings. The van der Waals surface area contributed by atoms with Crippen molar-refractivity contribution in [3.05, 3.63) is 82.4 Å². The van der Waals surface area contributed by atoms with E-state index in [0.29, 0.717) is 19.6 Å². The standard InChI is InChI=1S/C18H18N2O2S/c21-18(19-11-15-5-2-1-3-6-15)20(12-16-8-10-23-14-16)13-17-7-4-9-22-17/h1-10,14H,11-13H2,(H,19,21). The Balaban J connectivity index is 1.65. The molecule has 1 N–H and O–H groups in total. The molecule has 5 heteroatoms. The lowest BCUT2D eigenvalue weighted by molar-refractivity contribution is 0.187. The smallest absolute Gasteiger partial charge is 0.318 e. The topological polar surface area (TPSA) is 45.5 Å². The second kappa shape index (κ2) is 7.65. The number of rotatable bonds is 6. The molecule has 2 aromatic heterocycles. The van der Waals surface area contributed by atoms with Gasteiger partial charge in [-0.3, -0.25) is 0 Å². The van der Waals surface area contributed by atoms with Crippen molar-refractivity contribution in [2.75, 3.05) is 0 Å². The highest BCUT2D eigenvalue weighted by Gasteiger charge is 2.15. The van der Waals surface area contributed by atoms with E-state index >= 15 is 0 Å². The molecule has 0 saturated heterocycles. The Morgan fingerprint density at radius 3 is 2.61 bits per heavy atom. The quantitative estimate of drug-likeness (QED) is 0.736. The molecule has 2 amide bonds. The number of carbonyl (C=O) groups excluding carboxylic acids is 1. The van der Waals surface area contributed by atoms with E-state index in [2.05, 4.69) is 10.7 Å². The Kier molecular flexibility index (Phi) is 5.11. The number of benzene rings is 1. The molecule has 0 bridgehead atoms. The van der Waals surface area contributed by atoms with Crippen molar-refractivity contribution < 1.29 is 9.21 Å². The van der Waals surface area contributed by atoms with E-state index in [1.54, 1.807) is 22.5 Å². The second-order valence-electron chi connectivity index (χ2n) is 5.21. The van der Waals surface area contributed by atoms with Crippen LogP contribution in [0.15, 0.2) is 70.0 Å². The Labute approximate surface area is 139 Å². The minimum Gasteiger partial charge on any atom is -0.467 e. The van der Waals surface area contributed by atoms with Gasteiger partial charge in [-0.1, -0.05) is 30.3 Å². The molecule has 1 aromatic carbocycles. The van der Waals surface area contributed by atoms with E-state index in [1.165, 1.54) is 0 Å². The van der Waals surface area contributed by atoms with E-state index in [0.717, 1.165) is 16.9 Å². The molecule has 3 aromatic rings. The third kappa shape index (κ3) is 4.47. The van der Waals surface area contributed by atoms with Crippen molar-refractivity contribution in [1.82, 2.24) is 10.2 Å². The molecule has 3 rings (SSSR count). The fourth-order valence-electron chi connectivity index (χ4n) is 2.28. The molecule has 0 fully saturated rings. The van der Waals surface area contributed by atoms with Crippen LogP contribution < -0.4 is 5.32 Å². The van der Waals surface area contributed by atoms with Crippen LogP contribution in [0, 0.1) is 0 Å². The number of furan rings is 1. The Morgan fingerprint density at radius 2 is 1.91 bits per heavy atom. The van der Waals surface area contributed by atoms with Crippen molar-refractivity contribution in [3.63, 3.8) is 0 Å². The summed E-state index contributed by atoms with van der Waals surface area (Å²) in [6.45, 7) is 1.52. The first kappa shape index (κ1) is 15.4. The Morgan fingerprint density at radius 1 is 1.04 bits per heavy atom. The normalized spacial score (nSPS) is 10.4. The predicted molar refractivity (Wildman–Crippen MR) is 91.0 cm³/mol. The van der Waals surface area contributed by atoms with Gasteiger partial charge >= 0.3 is 6.03 Å². The zero-order chi connectivity index (χ0) is 15.9. The van der Waals surface area contributed by atoms with Crippen LogP contribution in [0.4, 0.5) is 4.79 Å². The van der Waals surface area contributed by atoms with Crippen LogP contribution in [0.3, 0.4) is 0 Å². The van der Waals surface area contributed by atoms with Crippen LogP contribution in [-0.2, 0) is 19.6 Å². The summed E-state index contributed by atoms with van der Waals surface area (Å²) in [6, 6.07) is 15.5. The minimum absolute atomic E-state index is 0.101. The molecular weight excluding hydrogens is 308 g/mol. The zero-order valence-corrected chi connectivity index (χ0v) is 13.5.